The van der Waals surface area contributed by atoms with Crippen LogP contribution >= 0.6 is 0 Å². The number of rotatable bonds is 1. The van der Waals surface area contributed by atoms with Crippen molar-refractivity contribution in [3.8, 4) is 0 Å². The molecule has 1 rings (SSSR count). The zero-order valence-electron chi connectivity index (χ0n) is 10.3. The van der Waals surface area contributed by atoms with Gasteiger partial charge in [0.05, 0.1) is 13.0 Å². The number of hydroxylamine groups is 2. The van der Waals surface area contributed by atoms with E-state index >= 15 is 0 Å². The summed E-state index contributed by atoms with van der Waals surface area (Å²) in [6, 6.07) is 0. The minimum Gasteiger partial charge on any atom is -0.442 e. The van der Waals surface area contributed by atoms with E-state index in [0.29, 0.717) is 0 Å². The van der Waals surface area contributed by atoms with Gasteiger partial charge in [-0.1, -0.05) is 6.42 Å². The number of amides is 1. The first kappa shape index (κ1) is 12.8. The van der Waals surface area contributed by atoms with E-state index in [0.717, 1.165) is 24.3 Å². The molecule has 0 heterocycles. The van der Waals surface area contributed by atoms with Crippen molar-refractivity contribution in [2.45, 2.75) is 45.6 Å². The SMILES string of the molecule is CN(OC(=O)C1CCC1)C(=O)OC(C)(C)C. The summed E-state index contributed by atoms with van der Waals surface area (Å²) >= 11 is 0. The normalized spacial score (nSPS) is 16.2. The van der Waals surface area contributed by atoms with Crippen molar-refractivity contribution >= 4 is 12.1 Å². The Hall–Kier alpha value is -1.26. The highest BCUT2D eigenvalue weighted by atomic mass is 16.8. The van der Waals surface area contributed by atoms with Crippen LogP contribution in [-0.2, 0) is 14.4 Å². The van der Waals surface area contributed by atoms with Crippen molar-refractivity contribution in [2.24, 2.45) is 5.92 Å². The maximum Gasteiger partial charge on any atom is 0.443 e. The van der Waals surface area contributed by atoms with Crippen LogP contribution in [0.3, 0.4) is 0 Å². The summed E-state index contributed by atoms with van der Waals surface area (Å²) in [5, 5.41) is 0.853. The molecule has 1 saturated carbocycles. The minimum absolute atomic E-state index is 0.0510. The Kier molecular flexibility index (Phi) is 3.78. The first-order chi connectivity index (χ1) is 7.29. The van der Waals surface area contributed by atoms with Gasteiger partial charge in [-0.2, -0.15) is 0 Å². The largest absolute Gasteiger partial charge is 0.443 e. The van der Waals surface area contributed by atoms with Gasteiger partial charge in [-0.25, -0.2) is 9.59 Å². The molecule has 0 unspecified atom stereocenters. The maximum absolute atomic E-state index is 11.4. The maximum atomic E-state index is 11.4. The topological polar surface area (TPSA) is 55.8 Å². The van der Waals surface area contributed by atoms with Crippen LogP contribution < -0.4 is 0 Å². The number of ether oxygens (including phenoxy) is 1. The highest BCUT2D eigenvalue weighted by Gasteiger charge is 2.30. The average molecular weight is 229 g/mol. The van der Waals surface area contributed by atoms with Crippen LogP contribution in [0.15, 0.2) is 0 Å². The molecule has 5 nitrogen and oxygen atoms in total. The number of carbonyl (C=O) groups is 2. The second kappa shape index (κ2) is 4.72. The van der Waals surface area contributed by atoms with Crippen molar-refractivity contribution in [2.75, 3.05) is 7.05 Å². The van der Waals surface area contributed by atoms with Gasteiger partial charge in [0.2, 0.25) is 0 Å². The van der Waals surface area contributed by atoms with Crippen LogP contribution in [0.1, 0.15) is 40.0 Å². The van der Waals surface area contributed by atoms with Gasteiger partial charge >= 0.3 is 12.1 Å². The minimum atomic E-state index is -0.653. The third-order valence-electron chi connectivity index (χ3n) is 2.32. The second-order valence-electron chi connectivity index (χ2n) is 5.02. The van der Waals surface area contributed by atoms with Gasteiger partial charge in [0, 0.05) is 0 Å². The fraction of sp³-hybridized carbons (Fsp3) is 0.818. The van der Waals surface area contributed by atoms with Crippen LogP contribution in [0.4, 0.5) is 4.79 Å². The molecular weight excluding hydrogens is 210 g/mol. The Morgan fingerprint density at radius 2 is 1.81 bits per heavy atom. The van der Waals surface area contributed by atoms with Crippen molar-refractivity contribution in [3.05, 3.63) is 0 Å². The Balaban J connectivity index is 2.36. The third kappa shape index (κ3) is 3.72. The lowest BCUT2D eigenvalue weighted by atomic mass is 9.86. The number of hydrogen-bond acceptors (Lipinski definition) is 4. The van der Waals surface area contributed by atoms with Crippen molar-refractivity contribution < 1.29 is 19.2 Å². The van der Waals surface area contributed by atoms with Crippen molar-refractivity contribution in [1.82, 2.24) is 5.06 Å². The quantitative estimate of drug-likeness (QED) is 0.646. The lowest BCUT2D eigenvalue weighted by molar-refractivity contribution is -0.187. The van der Waals surface area contributed by atoms with E-state index in [1.807, 2.05) is 0 Å². The Bertz CT molecular complexity index is 278. The number of nitrogens with zero attached hydrogens (tertiary/aromatic N) is 1. The molecule has 16 heavy (non-hydrogen) atoms. The van der Waals surface area contributed by atoms with Crippen molar-refractivity contribution in [1.29, 1.82) is 0 Å². The monoisotopic (exact) mass is 229 g/mol. The second-order valence-corrected chi connectivity index (χ2v) is 5.02. The highest BCUT2D eigenvalue weighted by molar-refractivity contribution is 5.75. The zero-order chi connectivity index (χ0) is 12.3. The predicted octanol–water partition coefficient (Wildman–Crippen LogP) is 2.11. The van der Waals surface area contributed by atoms with Gasteiger partial charge in [-0.15, -0.1) is 5.06 Å². The van der Waals surface area contributed by atoms with E-state index in [2.05, 4.69) is 0 Å². The summed E-state index contributed by atoms with van der Waals surface area (Å²) in [6.45, 7) is 5.27. The summed E-state index contributed by atoms with van der Waals surface area (Å²) in [7, 11) is 1.38. The summed E-state index contributed by atoms with van der Waals surface area (Å²) in [5.74, 6) is -0.399. The van der Waals surface area contributed by atoms with Crippen LogP contribution in [-0.4, -0.2) is 29.8 Å². The molecule has 0 spiro atoms. The molecule has 92 valence electrons. The lowest BCUT2D eigenvalue weighted by Gasteiger charge is -2.27. The molecule has 0 saturated heterocycles. The number of hydrogen-bond donors (Lipinski definition) is 0. The van der Waals surface area contributed by atoms with Gasteiger partial charge in [0.25, 0.3) is 0 Å². The van der Waals surface area contributed by atoms with E-state index in [1.165, 1.54) is 7.05 Å². The molecule has 0 aromatic rings. The molecule has 0 bridgehead atoms. The van der Waals surface area contributed by atoms with Gasteiger partial charge in [-0.05, 0) is 33.6 Å². The van der Waals surface area contributed by atoms with Crippen LogP contribution in [0, 0.1) is 5.92 Å². The van der Waals surface area contributed by atoms with Gasteiger partial charge in [-0.3, -0.25) is 0 Å². The molecule has 1 aliphatic rings. The van der Waals surface area contributed by atoms with E-state index < -0.39 is 11.7 Å². The van der Waals surface area contributed by atoms with E-state index in [4.69, 9.17) is 9.57 Å². The zero-order valence-corrected chi connectivity index (χ0v) is 10.3. The summed E-state index contributed by atoms with van der Waals surface area (Å²) in [6.07, 6.45) is 2.10. The Morgan fingerprint density at radius 1 is 1.25 bits per heavy atom. The summed E-state index contributed by atoms with van der Waals surface area (Å²) in [5.41, 5.74) is -0.589. The molecule has 0 N–H and O–H groups in total. The molecule has 0 radical (unpaired) electrons. The van der Waals surface area contributed by atoms with E-state index in [1.54, 1.807) is 20.8 Å². The summed E-state index contributed by atoms with van der Waals surface area (Å²) in [4.78, 5) is 27.8. The molecule has 0 aliphatic heterocycles. The predicted molar refractivity (Wildman–Crippen MR) is 57.4 cm³/mol. The van der Waals surface area contributed by atoms with Gasteiger partial charge in [0.15, 0.2) is 0 Å². The first-order valence-corrected chi connectivity index (χ1v) is 5.48. The molecule has 0 aromatic heterocycles. The van der Waals surface area contributed by atoms with Gasteiger partial charge < -0.3 is 9.57 Å². The Morgan fingerprint density at radius 3 is 2.19 bits per heavy atom. The van der Waals surface area contributed by atoms with Crippen LogP contribution in [0.5, 0.6) is 0 Å². The van der Waals surface area contributed by atoms with E-state index in [-0.39, 0.29) is 11.9 Å². The highest BCUT2D eigenvalue weighted by Crippen LogP contribution is 2.27. The third-order valence-corrected chi connectivity index (χ3v) is 2.32. The van der Waals surface area contributed by atoms with Gasteiger partial charge in [0.1, 0.15) is 5.60 Å². The fourth-order valence-corrected chi connectivity index (χ4v) is 1.22. The first-order valence-electron chi connectivity index (χ1n) is 5.48. The van der Waals surface area contributed by atoms with E-state index in [9.17, 15) is 9.59 Å². The molecule has 1 amide bonds. The van der Waals surface area contributed by atoms with Crippen LogP contribution in [0.25, 0.3) is 0 Å². The summed E-state index contributed by atoms with van der Waals surface area (Å²) < 4.78 is 5.04. The van der Waals surface area contributed by atoms with Crippen LogP contribution in [0.2, 0.25) is 0 Å². The molecule has 1 aliphatic carbocycles. The molecular formula is C11H19NO4. The number of carbonyl (C=O) groups excluding carboxylic acids is 2. The molecule has 0 atom stereocenters. The fourth-order valence-electron chi connectivity index (χ4n) is 1.22. The molecule has 1 fully saturated rings. The molecule has 5 heteroatoms. The smallest absolute Gasteiger partial charge is 0.442 e. The molecule has 0 aromatic carbocycles. The standard InChI is InChI=1S/C11H19NO4/c1-11(2,3)15-10(14)12(4)16-9(13)8-6-5-7-8/h8H,5-7H2,1-4H3. The lowest BCUT2D eigenvalue weighted by Crippen LogP contribution is -2.38. The average Bonchev–Trinajstić information content (AvgIpc) is 1.96. The van der Waals surface area contributed by atoms with Crippen molar-refractivity contribution in [3.63, 3.8) is 0 Å². The Labute approximate surface area is 95.6 Å².